The zero-order valence-electron chi connectivity index (χ0n) is 14.6. The van der Waals surface area contributed by atoms with Gasteiger partial charge in [-0.2, -0.15) is 5.10 Å². The second-order valence-corrected chi connectivity index (χ2v) is 6.25. The first-order valence-corrected chi connectivity index (χ1v) is 8.73. The Hall–Kier alpha value is -3.23. The van der Waals surface area contributed by atoms with Crippen LogP contribution in [0.3, 0.4) is 0 Å². The van der Waals surface area contributed by atoms with Gasteiger partial charge < -0.3 is 20.1 Å². The molecule has 0 atom stereocenters. The van der Waals surface area contributed by atoms with E-state index >= 15 is 0 Å². The molecule has 8 heteroatoms. The van der Waals surface area contributed by atoms with E-state index in [0.29, 0.717) is 25.2 Å². The summed E-state index contributed by atoms with van der Waals surface area (Å²) in [6.07, 6.45) is 5.55. The molecule has 0 spiro atoms. The summed E-state index contributed by atoms with van der Waals surface area (Å²) in [6.45, 7) is 1.69. The van der Waals surface area contributed by atoms with E-state index in [1.54, 1.807) is 12.3 Å². The number of H-pyrrole nitrogens is 1. The van der Waals surface area contributed by atoms with Gasteiger partial charge in [0.1, 0.15) is 5.65 Å². The van der Waals surface area contributed by atoms with Crippen LogP contribution in [0.4, 0.5) is 0 Å². The molecule has 8 nitrogen and oxygen atoms in total. The molecule has 0 bridgehead atoms. The molecule has 0 aliphatic heterocycles. The molecule has 3 heterocycles. The summed E-state index contributed by atoms with van der Waals surface area (Å²) in [7, 11) is 0. The molecule has 0 unspecified atom stereocenters. The fraction of sp³-hybridized carbons (Fsp3) is 0.211. The predicted molar refractivity (Wildman–Crippen MR) is 101 cm³/mol. The Morgan fingerprint density at radius 3 is 3.00 bits per heavy atom. The van der Waals surface area contributed by atoms with E-state index in [9.17, 15) is 4.79 Å². The molecule has 4 N–H and O–H groups in total. The van der Waals surface area contributed by atoms with Gasteiger partial charge in [-0.05, 0) is 23.8 Å². The molecule has 1 aromatic carbocycles. The van der Waals surface area contributed by atoms with Gasteiger partial charge >= 0.3 is 0 Å². The lowest BCUT2D eigenvalue weighted by atomic mass is 10.1. The highest BCUT2D eigenvalue weighted by molar-refractivity contribution is 6.05. The van der Waals surface area contributed by atoms with Gasteiger partial charge in [0.25, 0.3) is 5.91 Å². The highest BCUT2D eigenvalue weighted by Crippen LogP contribution is 2.16. The number of rotatable bonds is 7. The first-order chi connectivity index (χ1) is 13.2. The highest BCUT2D eigenvalue weighted by Gasteiger charge is 2.11. The topological polar surface area (TPSA) is 107 Å². The Balaban J connectivity index is 1.45. The van der Waals surface area contributed by atoms with Crippen molar-refractivity contribution < 1.29 is 9.90 Å². The fourth-order valence-electron chi connectivity index (χ4n) is 3.02. The van der Waals surface area contributed by atoms with Crippen LogP contribution >= 0.6 is 0 Å². The van der Waals surface area contributed by atoms with Crippen molar-refractivity contribution in [2.24, 2.45) is 0 Å². The van der Waals surface area contributed by atoms with Crippen molar-refractivity contribution in [1.82, 2.24) is 30.2 Å². The monoisotopic (exact) mass is 364 g/mol. The van der Waals surface area contributed by atoms with Crippen LogP contribution in [0.1, 0.15) is 21.6 Å². The number of fused-ring (bicyclic) bond motifs is 2. The van der Waals surface area contributed by atoms with Crippen LogP contribution in [0.2, 0.25) is 0 Å². The van der Waals surface area contributed by atoms with E-state index in [1.165, 1.54) is 0 Å². The van der Waals surface area contributed by atoms with E-state index in [-0.39, 0.29) is 12.5 Å². The molecule has 0 saturated heterocycles. The SMILES string of the molecule is O=C(NCc1cn2cc(CNCCO)ccc2n1)c1cccc2[nH]ncc12. The third kappa shape index (κ3) is 3.67. The summed E-state index contributed by atoms with van der Waals surface area (Å²) in [6, 6.07) is 9.42. The summed E-state index contributed by atoms with van der Waals surface area (Å²) >= 11 is 0. The average molecular weight is 364 g/mol. The Labute approximate surface area is 155 Å². The first kappa shape index (κ1) is 17.2. The number of benzene rings is 1. The molecule has 27 heavy (non-hydrogen) atoms. The Bertz CT molecular complexity index is 1080. The largest absolute Gasteiger partial charge is 0.395 e. The molecule has 138 valence electrons. The minimum Gasteiger partial charge on any atom is -0.395 e. The molecule has 4 aromatic rings. The van der Waals surface area contributed by atoms with E-state index < -0.39 is 0 Å². The Morgan fingerprint density at radius 2 is 2.11 bits per heavy atom. The number of aromatic amines is 1. The number of carbonyl (C=O) groups is 1. The fourth-order valence-corrected chi connectivity index (χ4v) is 3.02. The summed E-state index contributed by atoms with van der Waals surface area (Å²) in [5.41, 5.74) is 4.11. The normalized spacial score (nSPS) is 11.3. The van der Waals surface area contributed by atoms with E-state index in [4.69, 9.17) is 5.11 Å². The average Bonchev–Trinajstić information content (AvgIpc) is 3.32. The molecule has 0 saturated carbocycles. The maximum atomic E-state index is 12.5. The van der Waals surface area contributed by atoms with Gasteiger partial charge in [-0.15, -0.1) is 0 Å². The predicted octanol–water partition coefficient (Wildman–Crippen LogP) is 1.22. The second kappa shape index (κ2) is 7.56. The third-order valence-electron chi connectivity index (χ3n) is 4.34. The Morgan fingerprint density at radius 1 is 1.19 bits per heavy atom. The molecule has 1 amide bonds. The van der Waals surface area contributed by atoms with Crippen molar-refractivity contribution in [2.45, 2.75) is 13.1 Å². The molecule has 0 aliphatic rings. The minimum atomic E-state index is -0.159. The van der Waals surface area contributed by atoms with Gasteiger partial charge in [0.2, 0.25) is 0 Å². The number of aliphatic hydroxyl groups is 1. The van der Waals surface area contributed by atoms with Crippen LogP contribution in [0.25, 0.3) is 16.6 Å². The van der Waals surface area contributed by atoms with Crippen LogP contribution in [-0.2, 0) is 13.1 Å². The van der Waals surface area contributed by atoms with Crippen LogP contribution in [0, 0.1) is 0 Å². The van der Waals surface area contributed by atoms with Crippen molar-refractivity contribution in [3.8, 4) is 0 Å². The number of nitrogens with one attached hydrogen (secondary N) is 3. The molecular formula is C19H20N6O2. The van der Waals surface area contributed by atoms with Gasteiger partial charge in [-0.3, -0.25) is 9.89 Å². The van der Waals surface area contributed by atoms with Crippen LogP contribution in [0.5, 0.6) is 0 Å². The molecule has 0 radical (unpaired) electrons. The number of amides is 1. The van der Waals surface area contributed by atoms with Gasteiger partial charge in [0.05, 0.1) is 36.1 Å². The summed E-state index contributed by atoms with van der Waals surface area (Å²) in [5.74, 6) is -0.159. The van der Waals surface area contributed by atoms with Crippen LogP contribution in [-0.4, -0.2) is 43.7 Å². The van der Waals surface area contributed by atoms with Crippen molar-refractivity contribution in [3.63, 3.8) is 0 Å². The number of hydrogen-bond donors (Lipinski definition) is 4. The number of imidazole rings is 1. The number of aliphatic hydroxyl groups excluding tert-OH is 1. The van der Waals surface area contributed by atoms with Gasteiger partial charge in [-0.1, -0.05) is 12.1 Å². The summed E-state index contributed by atoms with van der Waals surface area (Å²) in [4.78, 5) is 17.1. The number of carbonyl (C=O) groups excluding carboxylic acids is 1. The quantitative estimate of drug-likeness (QED) is 0.369. The lowest BCUT2D eigenvalue weighted by molar-refractivity contribution is 0.0952. The van der Waals surface area contributed by atoms with Crippen molar-refractivity contribution in [2.75, 3.05) is 13.2 Å². The molecule has 3 aromatic heterocycles. The number of aromatic nitrogens is 4. The maximum Gasteiger partial charge on any atom is 0.252 e. The number of hydrogen-bond acceptors (Lipinski definition) is 5. The van der Waals surface area contributed by atoms with Gasteiger partial charge in [0, 0.05) is 30.9 Å². The van der Waals surface area contributed by atoms with Crippen molar-refractivity contribution in [3.05, 3.63) is 65.7 Å². The van der Waals surface area contributed by atoms with Gasteiger partial charge in [0.15, 0.2) is 0 Å². The van der Waals surface area contributed by atoms with Crippen molar-refractivity contribution >= 4 is 22.5 Å². The van der Waals surface area contributed by atoms with E-state index in [1.807, 2.05) is 41.1 Å². The third-order valence-corrected chi connectivity index (χ3v) is 4.34. The minimum absolute atomic E-state index is 0.115. The standard InChI is InChI=1S/C19H20N6O2/c26-7-6-20-8-13-4-5-18-23-14(12-25(18)11-13)9-21-19(27)15-2-1-3-17-16(15)10-22-24-17/h1-5,10-12,20,26H,6-9H2,(H,21,27)(H,22,24). The van der Waals surface area contributed by atoms with Gasteiger partial charge in [-0.25, -0.2) is 4.98 Å². The van der Waals surface area contributed by atoms with Crippen LogP contribution < -0.4 is 10.6 Å². The molecular weight excluding hydrogens is 344 g/mol. The second-order valence-electron chi connectivity index (χ2n) is 6.25. The van der Waals surface area contributed by atoms with E-state index in [2.05, 4.69) is 25.8 Å². The maximum absolute atomic E-state index is 12.5. The summed E-state index contributed by atoms with van der Waals surface area (Å²) in [5, 5.41) is 22.5. The van der Waals surface area contributed by atoms with Crippen LogP contribution in [0.15, 0.2) is 48.9 Å². The lowest BCUT2D eigenvalue weighted by Crippen LogP contribution is -2.23. The molecule has 4 rings (SSSR count). The Kier molecular flexibility index (Phi) is 4.82. The zero-order valence-corrected chi connectivity index (χ0v) is 14.6. The number of pyridine rings is 1. The smallest absolute Gasteiger partial charge is 0.252 e. The number of nitrogens with zero attached hydrogens (tertiary/aromatic N) is 3. The first-order valence-electron chi connectivity index (χ1n) is 8.73. The zero-order chi connectivity index (χ0) is 18.6. The lowest BCUT2D eigenvalue weighted by Gasteiger charge is -2.04. The molecule has 0 fully saturated rings. The van der Waals surface area contributed by atoms with Crippen molar-refractivity contribution in [1.29, 1.82) is 0 Å². The van der Waals surface area contributed by atoms with E-state index in [0.717, 1.165) is 27.8 Å². The summed E-state index contributed by atoms with van der Waals surface area (Å²) < 4.78 is 1.94. The molecule has 0 aliphatic carbocycles. The highest BCUT2D eigenvalue weighted by atomic mass is 16.3.